The molecule has 0 bridgehead atoms. The minimum Gasteiger partial charge on any atom is -0.324 e. The van der Waals surface area contributed by atoms with Crippen molar-refractivity contribution in [1.29, 1.82) is 0 Å². The molecule has 0 unspecified atom stereocenters. The Morgan fingerprint density at radius 1 is 1.17 bits per heavy atom. The highest BCUT2D eigenvalue weighted by Gasteiger charge is 2.14. The lowest BCUT2D eigenvalue weighted by Gasteiger charge is -2.07. The van der Waals surface area contributed by atoms with Gasteiger partial charge in [-0.15, -0.1) is 11.8 Å². The van der Waals surface area contributed by atoms with Gasteiger partial charge < -0.3 is 4.57 Å². The quantitative estimate of drug-likeness (QED) is 0.676. The molecule has 6 nitrogen and oxygen atoms in total. The summed E-state index contributed by atoms with van der Waals surface area (Å²) >= 11 is 1.37. The third-order valence-corrected chi connectivity index (χ3v) is 4.67. The second-order valence-corrected chi connectivity index (χ2v) is 6.23. The van der Waals surface area contributed by atoms with Gasteiger partial charge in [0.15, 0.2) is 11.2 Å². The smallest absolute Gasteiger partial charge is 0.324 e. The van der Waals surface area contributed by atoms with Crippen molar-refractivity contribution < 1.29 is 4.39 Å². The summed E-state index contributed by atoms with van der Waals surface area (Å²) in [6.07, 6.45) is 1.54. The Kier molecular flexibility index (Phi) is 4.08. The molecule has 0 saturated heterocycles. The van der Waals surface area contributed by atoms with Crippen molar-refractivity contribution in [2.75, 3.05) is 5.75 Å². The van der Waals surface area contributed by atoms with Gasteiger partial charge in [-0.25, -0.2) is 14.2 Å². The Balaban J connectivity index is 1.89. The zero-order chi connectivity index (χ0) is 16.6. The maximum atomic E-state index is 13.6. The molecule has 1 aromatic carbocycles. The van der Waals surface area contributed by atoms with Crippen LogP contribution in [0.25, 0.3) is 11.2 Å². The van der Waals surface area contributed by atoms with Gasteiger partial charge in [0.25, 0.3) is 5.56 Å². The molecule has 23 heavy (non-hydrogen) atoms. The van der Waals surface area contributed by atoms with Gasteiger partial charge in [0, 0.05) is 31.3 Å². The van der Waals surface area contributed by atoms with E-state index >= 15 is 0 Å². The molecule has 3 rings (SSSR count). The van der Waals surface area contributed by atoms with Crippen molar-refractivity contribution in [3.63, 3.8) is 0 Å². The second-order valence-electron chi connectivity index (χ2n) is 5.09. The van der Waals surface area contributed by atoms with Crippen LogP contribution in [0.15, 0.2) is 45.1 Å². The largest absolute Gasteiger partial charge is 0.332 e. The normalized spacial score (nSPS) is 11.3. The highest BCUT2D eigenvalue weighted by molar-refractivity contribution is 7.99. The van der Waals surface area contributed by atoms with Gasteiger partial charge in [-0.1, -0.05) is 12.1 Å². The number of fused-ring (bicyclic) bond motifs is 1. The van der Waals surface area contributed by atoms with Crippen molar-refractivity contribution in [1.82, 2.24) is 18.7 Å². The fourth-order valence-corrected chi connectivity index (χ4v) is 3.27. The molecule has 2 heterocycles. The standard InChI is InChI=1S/C15H15FN4O2S/c1-18-13-12(14(21)19(2)15(18)22)20(9-17-13)7-8-23-11-6-4-3-5-10(11)16/h3-6,9H,7-8H2,1-2H3. The van der Waals surface area contributed by atoms with Gasteiger partial charge in [0.1, 0.15) is 5.82 Å². The number of aryl methyl sites for hydroxylation is 2. The lowest BCUT2D eigenvalue weighted by molar-refractivity contribution is 0.602. The SMILES string of the molecule is Cn1c(=O)c2c(ncn2CCSc2ccccc2F)n(C)c1=O. The molecule has 0 aliphatic rings. The molecule has 120 valence electrons. The van der Waals surface area contributed by atoms with Gasteiger partial charge in [-0.3, -0.25) is 13.9 Å². The average Bonchev–Trinajstić information content (AvgIpc) is 2.97. The minimum absolute atomic E-state index is 0.258. The number of rotatable bonds is 4. The lowest BCUT2D eigenvalue weighted by Crippen LogP contribution is -2.37. The van der Waals surface area contributed by atoms with Crippen LogP contribution in [0.1, 0.15) is 0 Å². The molecule has 3 aromatic rings. The molecule has 0 amide bonds. The van der Waals surface area contributed by atoms with E-state index in [1.54, 1.807) is 29.8 Å². The van der Waals surface area contributed by atoms with E-state index in [4.69, 9.17) is 0 Å². The number of aromatic nitrogens is 4. The van der Waals surface area contributed by atoms with Crippen molar-refractivity contribution in [3.05, 3.63) is 57.2 Å². The highest BCUT2D eigenvalue weighted by atomic mass is 32.2. The van der Waals surface area contributed by atoms with Crippen LogP contribution in [0.2, 0.25) is 0 Å². The van der Waals surface area contributed by atoms with Crippen LogP contribution >= 0.6 is 11.8 Å². The number of imidazole rings is 1. The first-order valence-electron chi connectivity index (χ1n) is 6.99. The molecule has 0 fully saturated rings. The number of hydrogen-bond acceptors (Lipinski definition) is 4. The molecular formula is C15H15FN4O2S. The molecule has 0 atom stereocenters. The summed E-state index contributed by atoms with van der Waals surface area (Å²) in [6.45, 7) is 0.489. The van der Waals surface area contributed by atoms with E-state index in [0.29, 0.717) is 28.4 Å². The molecule has 0 N–H and O–H groups in total. The van der Waals surface area contributed by atoms with Gasteiger partial charge >= 0.3 is 5.69 Å². The highest BCUT2D eigenvalue weighted by Crippen LogP contribution is 2.21. The first-order valence-corrected chi connectivity index (χ1v) is 7.97. The van der Waals surface area contributed by atoms with Crippen molar-refractivity contribution in [2.24, 2.45) is 14.1 Å². The van der Waals surface area contributed by atoms with Crippen LogP contribution < -0.4 is 11.2 Å². The van der Waals surface area contributed by atoms with Gasteiger partial charge in [0.2, 0.25) is 0 Å². The zero-order valence-electron chi connectivity index (χ0n) is 12.7. The van der Waals surface area contributed by atoms with Gasteiger partial charge in [0.05, 0.1) is 6.33 Å². The fourth-order valence-electron chi connectivity index (χ4n) is 2.38. The van der Waals surface area contributed by atoms with Crippen LogP contribution in [-0.4, -0.2) is 24.4 Å². The van der Waals surface area contributed by atoms with Gasteiger partial charge in [-0.2, -0.15) is 0 Å². The fraction of sp³-hybridized carbons (Fsp3) is 0.267. The summed E-state index contributed by atoms with van der Waals surface area (Å²) in [6, 6.07) is 6.56. The van der Waals surface area contributed by atoms with Crippen LogP contribution in [0.4, 0.5) is 4.39 Å². The summed E-state index contributed by atoms with van der Waals surface area (Å²) in [5, 5.41) is 0. The number of halogens is 1. The Labute approximate surface area is 135 Å². The van der Waals surface area contributed by atoms with Crippen molar-refractivity contribution >= 4 is 22.9 Å². The van der Waals surface area contributed by atoms with Crippen LogP contribution in [0, 0.1) is 5.82 Å². The maximum absolute atomic E-state index is 13.6. The average molecular weight is 334 g/mol. The number of hydrogen-bond donors (Lipinski definition) is 0. The zero-order valence-corrected chi connectivity index (χ0v) is 13.5. The predicted molar refractivity (Wildman–Crippen MR) is 87.3 cm³/mol. The lowest BCUT2D eigenvalue weighted by atomic mass is 10.3. The summed E-state index contributed by atoms with van der Waals surface area (Å²) in [4.78, 5) is 28.9. The molecule has 0 aliphatic heterocycles. The first kappa shape index (κ1) is 15.5. The van der Waals surface area contributed by atoms with Crippen LogP contribution in [-0.2, 0) is 20.6 Å². The third kappa shape index (κ3) is 2.70. The van der Waals surface area contributed by atoms with Crippen LogP contribution in [0.3, 0.4) is 0 Å². The van der Waals surface area contributed by atoms with Crippen LogP contribution in [0.5, 0.6) is 0 Å². The topological polar surface area (TPSA) is 61.8 Å². The molecule has 0 aliphatic carbocycles. The Morgan fingerprint density at radius 2 is 1.91 bits per heavy atom. The minimum atomic E-state index is -0.409. The first-order chi connectivity index (χ1) is 11.0. The Bertz CT molecular complexity index is 989. The summed E-state index contributed by atoms with van der Waals surface area (Å²) in [5.74, 6) is 0.324. The van der Waals surface area contributed by atoms with E-state index in [1.165, 1.54) is 35.8 Å². The van der Waals surface area contributed by atoms with E-state index in [0.717, 1.165) is 4.57 Å². The third-order valence-electron chi connectivity index (χ3n) is 3.64. The number of thioether (sulfide) groups is 1. The number of nitrogens with zero attached hydrogens (tertiary/aromatic N) is 4. The van der Waals surface area contributed by atoms with E-state index < -0.39 is 5.69 Å². The second kappa shape index (κ2) is 6.04. The maximum Gasteiger partial charge on any atom is 0.332 e. The van der Waals surface area contributed by atoms with E-state index in [2.05, 4.69) is 4.98 Å². The molecule has 8 heteroatoms. The molecule has 2 aromatic heterocycles. The Hall–Kier alpha value is -2.35. The van der Waals surface area contributed by atoms with Crippen molar-refractivity contribution in [3.8, 4) is 0 Å². The van der Waals surface area contributed by atoms with E-state index in [-0.39, 0.29) is 11.4 Å². The molecular weight excluding hydrogens is 319 g/mol. The summed E-state index contributed by atoms with van der Waals surface area (Å²) < 4.78 is 17.7. The molecule has 0 saturated carbocycles. The summed E-state index contributed by atoms with van der Waals surface area (Å²) in [5.41, 5.74) is -0.0531. The van der Waals surface area contributed by atoms with E-state index in [9.17, 15) is 14.0 Å². The van der Waals surface area contributed by atoms with E-state index in [1.807, 2.05) is 0 Å². The molecule has 0 radical (unpaired) electrons. The predicted octanol–water partition coefficient (Wildman–Crippen LogP) is 1.37. The van der Waals surface area contributed by atoms with Gasteiger partial charge in [-0.05, 0) is 12.1 Å². The summed E-state index contributed by atoms with van der Waals surface area (Å²) in [7, 11) is 3.02. The molecule has 0 spiro atoms. The van der Waals surface area contributed by atoms with Crippen molar-refractivity contribution in [2.45, 2.75) is 11.4 Å². The Morgan fingerprint density at radius 3 is 2.65 bits per heavy atom. The monoisotopic (exact) mass is 334 g/mol. The number of benzene rings is 1.